The molecule has 1 aliphatic carbocycles. The van der Waals surface area contributed by atoms with Gasteiger partial charge in [0.15, 0.2) is 0 Å². The Morgan fingerprint density at radius 3 is 2.52 bits per heavy atom. The topological polar surface area (TPSA) is 75.6 Å². The molecule has 1 saturated carbocycles. The molecule has 1 amide bonds. The number of carbonyl (C=O) groups is 2. The number of rotatable bonds is 5. The molecule has 2 atom stereocenters. The number of ether oxygens (including phenoxy) is 1. The number of aliphatic carboxylic acids is 1. The number of halogens is 1. The molecular formula is C17H20FNO4. The van der Waals surface area contributed by atoms with Crippen molar-refractivity contribution < 1.29 is 23.8 Å². The Kier molecular flexibility index (Phi) is 4.35. The van der Waals surface area contributed by atoms with Crippen molar-refractivity contribution in [2.45, 2.75) is 37.1 Å². The molecule has 0 aromatic heterocycles. The maximum absolute atomic E-state index is 13.0. The van der Waals surface area contributed by atoms with Crippen LogP contribution < -0.4 is 5.32 Å². The minimum Gasteiger partial charge on any atom is -0.481 e. The zero-order valence-corrected chi connectivity index (χ0v) is 12.8. The molecule has 3 rings (SSSR count). The van der Waals surface area contributed by atoms with Crippen molar-refractivity contribution in [2.75, 3.05) is 13.2 Å². The number of amides is 1. The third-order valence-corrected chi connectivity index (χ3v) is 4.75. The van der Waals surface area contributed by atoms with Gasteiger partial charge in [0, 0.05) is 19.1 Å². The first-order valence-electron chi connectivity index (χ1n) is 7.86. The predicted octanol–water partition coefficient (Wildman–Crippen LogP) is 2.07. The van der Waals surface area contributed by atoms with Gasteiger partial charge in [0.2, 0.25) is 5.91 Å². The summed E-state index contributed by atoms with van der Waals surface area (Å²) < 4.78 is 18.2. The standard InChI is InChI=1S/C17H20FNO4/c18-12-3-1-11(2-4-12)13-9-14(13)16(22)19-17(10-15(20)21)5-7-23-8-6-17/h1-4,13-14H,5-10H2,(H,19,22)(H,20,21). The summed E-state index contributed by atoms with van der Waals surface area (Å²) in [6, 6.07) is 6.20. The van der Waals surface area contributed by atoms with Gasteiger partial charge in [-0.3, -0.25) is 9.59 Å². The molecular weight excluding hydrogens is 301 g/mol. The first kappa shape index (κ1) is 15.9. The van der Waals surface area contributed by atoms with E-state index in [4.69, 9.17) is 9.84 Å². The van der Waals surface area contributed by atoms with Crippen molar-refractivity contribution in [1.82, 2.24) is 5.32 Å². The number of benzene rings is 1. The van der Waals surface area contributed by atoms with E-state index < -0.39 is 11.5 Å². The quantitative estimate of drug-likeness (QED) is 0.870. The lowest BCUT2D eigenvalue weighted by molar-refractivity contribution is -0.140. The van der Waals surface area contributed by atoms with Crippen molar-refractivity contribution in [2.24, 2.45) is 5.92 Å². The van der Waals surface area contributed by atoms with Crippen LogP contribution in [0.5, 0.6) is 0 Å². The molecule has 23 heavy (non-hydrogen) atoms. The normalized spacial score (nSPS) is 25.6. The van der Waals surface area contributed by atoms with E-state index in [0.717, 1.165) is 12.0 Å². The minimum absolute atomic E-state index is 0.0873. The molecule has 1 saturated heterocycles. The maximum atomic E-state index is 13.0. The lowest BCUT2D eigenvalue weighted by Gasteiger charge is -2.37. The van der Waals surface area contributed by atoms with Gasteiger partial charge in [-0.15, -0.1) is 0 Å². The number of hydrogen-bond acceptors (Lipinski definition) is 3. The molecule has 2 fully saturated rings. The highest BCUT2D eigenvalue weighted by atomic mass is 19.1. The number of hydrogen-bond donors (Lipinski definition) is 2. The predicted molar refractivity (Wildman–Crippen MR) is 80.4 cm³/mol. The van der Waals surface area contributed by atoms with Gasteiger partial charge in [-0.05, 0) is 42.9 Å². The Balaban J connectivity index is 1.64. The molecule has 0 spiro atoms. The third-order valence-electron chi connectivity index (χ3n) is 4.75. The van der Waals surface area contributed by atoms with Gasteiger partial charge >= 0.3 is 5.97 Å². The molecule has 2 N–H and O–H groups in total. The molecule has 0 bridgehead atoms. The number of carbonyl (C=O) groups excluding carboxylic acids is 1. The van der Waals surface area contributed by atoms with E-state index in [0.29, 0.717) is 26.1 Å². The monoisotopic (exact) mass is 321 g/mol. The van der Waals surface area contributed by atoms with Crippen molar-refractivity contribution in [3.05, 3.63) is 35.6 Å². The highest BCUT2D eigenvalue weighted by molar-refractivity contribution is 5.84. The average molecular weight is 321 g/mol. The van der Waals surface area contributed by atoms with Gasteiger partial charge in [0.05, 0.1) is 12.0 Å². The highest BCUT2D eigenvalue weighted by Gasteiger charge is 2.47. The maximum Gasteiger partial charge on any atom is 0.305 e. The van der Waals surface area contributed by atoms with Crippen LogP contribution in [0, 0.1) is 11.7 Å². The van der Waals surface area contributed by atoms with E-state index in [1.807, 2.05) is 0 Å². The Labute approximate surface area is 133 Å². The fourth-order valence-electron chi connectivity index (χ4n) is 3.31. The van der Waals surface area contributed by atoms with E-state index in [-0.39, 0.29) is 30.0 Å². The Morgan fingerprint density at radius 2 is 1.91 bits per heavy atom. The molecule has 2 unspecified atom stereocenters. The minimum atomic E-state index is -0.918. The summed E-state index contributed by atoms with van der Waals surface area (Å²) in [5.74, 6) is -1.38. The van der Waals surface area contributed by atoms with Gasteiger partial charge < -0.3 is 15.2 Å². The summed E-state index contributed by atoms with van der Waals surface area (Å²) in [5.41, 5.74) is 0.239. The van der Waals surface area contributed by atoms with Crippen LogP contribution in [-0.4, -0.2) is 35.7 Å². The van der Waals surface area contributed by atoms with E-state index >= 15 is 0 Å². The summed E-state index contributed by atoms with van der Waals surface area (Å²) in [6.07, 6.45) is 1.66. The second-order valence-electron chi connectivity index (χ2n) is 6.45. The zero-order valence-electron chi connectivity index (χ0n) is 12.8. The second kappa shape index (κ2) is 6.28. The summed E-state index contributed by atoms with van der Waals surface area (Å²) in [6.45, 7) is 0.916. The fraction of sp³-hybridized carbons (Fsp3) is 0.529. The SMILES string of the molecule is O=C(O)CC1(NC(=O)C2CC2c2ccc(F)cc2)CCOCC1. The van der Waals surface area contributed by atoms with Gasteiger partial charge in [-0.1, -0.05) is 12.1 Å². The average Bonchev–Trinajstić information content (AvgIpc) is 3.28. The summed E-state index contributed by atoms with van der Waals surface area (Å²) in [4.78, 5) is 23.6. The Hall–Kier alpha value is -1.95. The molecule has 1 aromatic rings. The number of carboxylic acid groups (broad SMARTS) is 1. The van der Waals surface area contributed by atoms with Crippen molar-refractivity contribution in [1.29, 1.82) is 0 Å². The van der Waals surface area contributed by atoms with Crippen molar-refractivity contribution in [3.63, 3.8) is 0 Å². The van der Waals surface area contributed by atoms with E-state index in [1.165, 1.54) is 12.1 Å². The Morgan fingerprint density at radius 1 is 1.26 bits per heavy atom. The first-order valence-corrected chi connectivity index (χ1v) is 7.86. The molecule has 6 heteroatoms. The van der Waals surface area contributed by atoms with Gasteiger partial charge in [0.1, 0.15) is 5.82 Å². The van der Waals surface area contributed by atoms with Crippen molar-refractivity contribution >= 4 is 11.9 Å². The van der Waals surface area contributed by atoms with Crippen LogP contribution in [0.15, 0.2) is 24.3 Å². The van der Waals surface area contributed by atoms with Crippen LogP contribution in [0.25, 0.3) is 0 Å². The molecule has 1 heterocycles. The fourth-order valence-corrected chi connectivity index (χ4v) is 3.31. The van der Waals surface area contributed by atoms with Gasteiger partial charge in [-0.25, -0.2) is 4.39 Å². The van der Waals surface area contributed by atoms with Crippen LogP contribution in [0.3, 0.4) is 0 Å². The third kappa shape index (κ3) is 3.69. The molecule has 124 valence electrons. The lowest BCUT2D eigenvalue weighted by Crippen LogP contribution is -2.53. The summed E-state index contributed by atoms with van der Waals surface area (Å²) in [5, 5.41) is 12.1. The molecule has 1 aromatic carbocycles. The smallest absolute Gasteiger partial charge is 0.305 e. The van der Waals surface area contributed by atoms with Crippen LogP contribution >= 0.6 is 0 Å². The molecule has 5 nitrogen and oxygen atoms in total. The molecule has 2 aliphatic rings. The molecule has 0 radical (unpaired) electrons. The van der Waals surface area contributed by atoms with Gasteiger partial charge in [-0.2, -0.15) is 0 Å². The number of carboxylic acids is 1. The van der Waals surface area contributed by atoms with Crippen LogP contribution in [0.4, 0.5) is 4.39 Å². The van der Waals surface area contributed by atoms with Crippen LogP contribution in [-0.2, 0) is 14.3 Å². The van der Waals surface area contributed by atoms with Crippen molar-refractivity contribution in [3.8, 4) is 0 Å². The zero-order chi connectivity index (χ0) is 16.4. The second-order valence-corrected chi connectivity index (χ2v) is 6.45. The summed E-state index contributed by atoms with van der Waals surface area (Å²) >= 11 is 0. The lowest BCUT2D eigenvalue weighted by atomic mass is 9.86. The van der Waals surface area contributed by atoms with E-state index in [2.05, 4.69) is 5.32 Å². The summed E-state index contributed by atoms with van der Waals surface area (Å²) in [7, 11) is 0. The number of nitrogens with one attached hydrogen (secondary N) is 1. The Bertz CT molecular complexity index is 595. The first-order chi connectivity index (χ1) is 11.0. The van der Waals surface area contributed by atoms with E-state index in [9.17, 15) is 14.0 Å². The van der Waals surface area contributed by atoms with Gasteiger partial charge in [0.25, 0.3) is 0 Å². The van der Waals surface area contributed by atoms with Crippen LogP contribution in [0.2, 0.25) is 0 Å². The van der Waals surface area contributed by atoms with E-state index in [1.54, 1.807) is 12.1 Å². The largest absolute Gasteiger partial charge is 0.481 e. The van der Waals surface area contributed by atoms with Crippen LogP contribution in [0.1, 0.15) is 37.2 Å². The molecule has 1 aliphatic heterocycles. The highest BCUT2D eigenvalue weighted by Crippen LogP contribution is 2.48.